The van der Waals surface area contributed by atoms with Crippen LogP contribution in [0, 0.1) is 0 Å². The van der Waals surface area contributed by atoms with E-state index in [0.717, 1.165) is 43.4 Å². The third-order valence-corrected chi connectivity index (χ3v) is 9.59. The second-order valence-electron chi connectivity index (χ2n) is 10.4. The van der Waals surface area contributed by atoms with E-state index in [9.17, 15) is 9.90 Å². The lowest BCUT2D eigenvalue weighted by molar-refractivity contribution is -0.245. The molecule has 7 nitrogen and oxygen atoms in total. The number of carbonyl (C=O) groups is 1. The maximum absolute atomic E-state index is 12.3. The first kappa shape index (κ1) is 29.3. The maximum Gasteiger partial charge on any atom is 0.315 e. The van der Waals surface area contributed by atoms with Crippen molar-refractivity contribution in [3.63, 3.8) is 0 Å². The predicted molar refractivity (Wildman–Crippen MR) is 171 cm³/mol. The molecule has 3 N–H and O–H groups in total. The monoisotopic (exact) mass is 611 g/mol. The Hall–Kier alpha value is -3.73. The van der Waals surface area contributed by atoms with Gasteiger partial charge in [-0.2, -0.15) is 0 Å². The maximum atomic E-state index is 12.3. The molecule has 0 saturated carbocycles. The topological polar surface area (TPSA) is 92.7 Å². The number of rotatable bonds is 10. The molecule has 0 unspecified atom stereocenters. The molecule has 0 bridgehead atoms. The highest BCUT2D eigenvalue weighted by Crippen LogP contribution is 2.40. The van der Waals surface area contributed by atoms with Gasteiger partial charge < -0.3 is 25.2 Å². The fourth-order valence-electron chi connectivity index (χ4n) is 4.92. The number of hydrogen-bond donors (Lipinski definition) is 3. The quantitative estimate of drug-likeness (QED) is 0.146. The molecule has 1 aliphatic rings. The van der Waals surface area contributed by atoms with Crippen LogP contribution >= 0.6 is 23.1 Å². The van der Waals surface area contributed by atoms with E-state index in [1.54, 1.807) is 23.1 Å². The van der Waals surface area contributed by atoms with E-state index in [1.807, 2.05) is 97.1 Å². The van der Waals surface area contributed by atoms with E-state index in [4.69, 9.17) is 14.5 Å². The first-order valence-electron chi connectivity index (χ1n) is 14.3. The lowest BCUT2D eigenvalue weighted by Crippen LogP contribution is -2.34. The zero-order valence-corrected chi connectivity index (χ0v) is 25.2. The summed E-state index contributed by atoms with van der Waals surface area (Å²) in [5, 5.41) is 15.3. The lowest BCUT2D eigenvalue weighted by Gasteiger charge is -2.36. The van der Waals surface area contributed by atoms with Crippen LogP contribution in [0.3, 0.4) is 0 Å². The van der Waals surface area contributed by atoms with Gasteiger partial charge >= 0.3 is 6.03 Å². The standard InChI is InChI=1S/C34H33N3O4S2/c38-21-25-12-14-26(15-13-25)30-18-28(22-42-34-37-29-8-4-5-9-31(29)43-34)40-32(41-30)27-16-10-24(11-17-27)20-36-33(39)35-19-23-6-2-1-3-7-23/h1-17,28,30,32,38H,18-22H2,(H2,35,36,39)/t28-,30+,32+/m1/s1. The molecule has 0 aliphatic carbocycles. The molecule has 1 aromatic heterocycles. The molecule has 0 spiro atoms. The molecule has 0 radical (unpaired) electrons. The number of thioether (sulfide) groups is 1. The number of amides is 2. The molecule has 220 valence electrons. The van der Waals surface area contributed by atoms with E-state index in [2.05, 4.69) is 16.7 Å². The van der Waals surface area contributed by atoms with Gasteiger partial charge in [-0.25, -0.2) is 9.78 Å². The number of aliphatic hydroxyl groups excluding tert-OH is 1. The molecule has 2 amide bonds. The van der Waals surface area contributed by atoms with Crippen molar-refractivity contribution < 1.29 is 19.4 Å². The van der Waals surface area contributed by atoms with Gasteiger partial charge in [0.15, 0.2) is 10.6 Å². The number of nitrogens with one attached hydrogen (secondary N) is 2. The summed E-state index contributed by atoms with van der Waals surface area (Å²) in [6.45, 7) is 0.897. The molecule has 4 aromatic carbocycles. The third kappa shape index (κ3) is 7.81. The van der Waals surface area contributed by atoms with Gasteiger partial charge in [0, 0.05) is 30.8 Å². The number of benzene rings is 4. The molecule has 5 aromatic rings. The molecule has 9 heteroatoms. The minimum absolute atomic E-state index is 0.00879. The van der Waals surface area contributed by atoms with Crippen LogP contribution in [0.1, 0.15) is 46.6 Å². The average molecular weight is 612 g/mol. The Morgan fingerprint density at radius 1 is 0.814 bits per heavy atom. The van der Waals surface area contributed by atoms with Crippen molar-refractivity contribution in [2.45, 2.75) is 49.0 Å². The van der Waals surface area contributed by atoms with Crippen molar-refractivity contribution in [1.29, 1.82) is 0 Å². The summed E-state index contributed by atoms with van der Waals surface area (Å²) >= 11 is 3.42. The number of hydrogen-bond acceptors (Lipinski definition) is 7. The van der Waals surface area contributed by atoms with E-state index in [1.165, 1.54) is 4.70 Å². The Morgan fingerprint density at radius 2 is 1.47 bits per heavy atom. The zero-order chi connectivity index (χ0) is 29.4. The number of ether oxygens (including phenoxy) is 2. The van der Waals surface area contributed by atoms with Gasteiger partial charge in [-0.15, -0.1) is 11.3 Å². The highest BCUT2D eigenvalue weighted by atomic mass is 32.2. The number of nitrogens with zero attached hydrogens (tertiary/aromatic N) is 1. The van der Waals surface area contributed by atoms with Gasteiger partial charge in [0.05, 0.1) is 29.0 Å². The Kier molecular flexibility index (Phi) is 9.66. The summed E-state index contributed by atoms with van der Waals surface area (Å²) in [6.07, 6.45) is -0.0177. The van der Waals surface area contributed by atoms with Crippen LogP contribution < -0.4 is 10.6 Å². The van der Waals surface area contributed by atoms with Crippen LogP contribution in [0.4, 0.5) is 4.79 Å². The largest absolute Gasteiger partial charge is 0.392 e. The fourth-order valence-corrected chi connectivity index (χ4v) is 7.03. The molecule has 3 atom stereocenters. The average Bonchev–Trinajstić information content (AvgIpc) is 3.49. The number of aliphatic hydroxyl groups is 1. The third-order valence-electron chi connectivity index (χ3n) is 7.28. The Labute approximate surface area is 259 Å². The summed E-state index contributed by atoms with van der Waals surface area (Å²) in [7, 11) is 0. The predicted octanol–water partition coefficient (Wildman–Crippen LogP) is 7.13. The van der Waals surface area contributed by atoms with Crippen LogP contribution in [0.25, 0.3) is 10.2 Å². The minimum atomic E-state index is -0.534. The van der Waals surface area contributed by atoms with Crippen molar-refractivity contribution >= 4 is 39.3 Å². The minimum Gasteiger partial charge on any atom is -0.392 e. The van der Waals surface area contributed by atoms with Crippen molar-refractivity contribution in [3.05, 3.63) is 131 Å². The Bertz CT molecular complexity index is 1590. The number of para-hydroxylation sites is 1. The van der Waals surface area contributed by atoms with Crippen LogP contribution in [-0.4, -0.2) is 28.0 Å². The number of carbonyl (C=O) groups excluding carboxylic acids is 1. The van der Waals surface area contributed by atoms with Gasteiger partial charge in [-0.1, -0.05) is 103 Å². The summed E-state index contributed by atoms with van der Waals surface area (Å²) in [6, 6.07) is 33.7. The van der Waals surface area contributed by atoms with E-state index >= 15 is 0 Å². The molecule has 6 rings (SSSR count). The van der Waals surface area contributed by atoms with Gasteiger partial charge in [0.2, 0.25) is 0 Å². The molecular formula is C34H33N3O4S2. The summed E-state index contributed by atoms with van der Waals surface area (Å²) in [5.41, 5.74) is 5.90. The van der Waals surface area contributed by atoms with Crippen molar-refractivity contribution in [1.82, 2.24) is 15.6 Å². The SMILES string of the molecule is O=C(NCc1ccccc1)NCc1ccc([C@H]2O[C@@H](CSc3nc4ccccc4s3)C[C@@H](c3ccc(CO)cc3)O2)cc1. The van der Waals surface area contributed by atoms with Gasteiger partial charge in [-0.3, -0.25) is 0 Å². The smallest absolute Gasteiger partial charge is 0.315 e. The Balaban J connectivity index is 1.10. The highest BCUT2D eigenvalue weighted by molar-refractivity contribution is 8.01. The van der Waals surface area contributed by atoms with Crippen LogP contribution in [0.5, 0.6) is 0 Å². The molecule has 1 saturated heterocycles. The summed E-state index contributed by atoms with van der Waals surface area (Å²) in [4.78, 5) is 17.1. The van der Waals surface area contributed by atoms with Crippen molar-refractivity contribution in [2.24, 2.45) is 0 Å². The number of thiazole rings is 1. The van der Waals surface area contributed by atoms with Gasteiger partial charge in [-0.05, 0) is 34.4 Å². The van der Waals surface area contributed by atoms with Crippen molar-refractivity contribution in [2.75, 3.05) is 5.75 Å². The molecule has 43 heavy (non-hydrogen) atoms. The fraction of sp³-hybridized carbons (Fsp3) is 0.235. The van der Waals surface area contributed by atoms with E-state index < -0.39 is 6.29 Å². The van der Waals surface area contributed by atoms with Crippen LogP contribution in [0.15, 0.2) is 107 Å². The van der Waals surface area contributed by atoms with Gasteiger partial charge in [0.25, 0.3) is 0 Å². The Morgan fingerprint density at radius 3 is 2.19 bits per heavy atom. The second kappa shape index (κ2) is 14.2. The lowest BCUT2D eigenvalue weighted by atomic mass is 10.0. The van der Waals surface area contributed by atoms with E-state index in [-0.39, 0.29) is 24.8 Å². The number of urea groups is 1. The number of aromatic nitrogens is 1. The van der Waals surface area contributed by atoms with E-state index in [0.29, 0.717) is 19.5 Å². The molecule has 2 heterocycles. The van der Waals surface area contributed by atoms with Crippen LogP contribution in [-0.2, 0) is 29.2 Å². The summed E-state index contributed by atoms with van der Waals surface area (Å²) < 4.78 is 15.2. The van der Waals surface area contributed by atoms with Gasteiger partial charge in [0.1, 0.15) is 0 Å². The zero-order valence-electron chi connectivity index (χ0n) is 23.5. The first-order valence-corrected chi connectivity index (χ1v) is 16.1. The molecular weight excluding hydrogens is 579 g/mol. The molecule has 1 fully saturated rings. The van der Waals surface area contributed by atoms with Crippen LogP contribution in [0.2, 0.25) is 0 Å². The summed E-state index contributed by atoms with van der Waals surface area (Å²) in [5.74, 6) is 0.755. The first-order chi connectivity index (χ1) is 21.1. The highest BCUT2D eigenvalue weighted by Gasteiger charge is 2.32. The normalized spacial score (nSPS) is 18.4. The number of fused-ring (bicyclic) bond motifs is 1. The van der Waals surface area contributed by atoms with Crippen molar-refractivity contribution in [3.8, 4) is 0 Å². The second-order valence-corrected chi connectivity index (χ2v) is 12.7. The molecule has 1 aliphatic heterocycles.